The van der Waals surface area contributed by atoms with E-state index in [0.29, 0.717) is 0 Å². The maximum atomic E-state index is 12.2. The van der Waals surface area contributed by atoms with Crippen molar-refractivity contribution in [2.75, 3.05) is 21.3 Å². The SMILES string of the molecule is COC(=O)C1=C(O)c2cc(OC)c(OC)cc2S(=O)(=O)N1. The van der Waals surface area contributed by atoms with E-state index in [1.165, 1.54) is 26.4 Å². The summed E-state index contributed by atoms with van der Waals surface area (Å²) in [6.45, 7) is 0. The first kappa shape index (κ1) is 15.0. The zero-order valence-corrected chi connectivity index (χ0v) is 12.3. The predicted molar refractivity (Wildman–Crippen MR) is 71.4 cm³/mol. The van der Waals surface area contributed by atoms with Gasteiger partial charge in [-0.25, -0.2) is 13.2 Å². The fourth-order valence-electron chi connectivity index (χ4n) is 1.88. The highest BCUT2D eigenvalue weighted by atomic mass is 32.2. The molecule has 1 heterocycles. The third kappa shape index (κ3) is 2.35. The van der Waals surface area contributed by atoms with E-state index < -0.39 is 27.4 Å². The molecule has 0 bridgehead atoms. The summed E-state index contributed by atoms with van der Waals surface area (Å²) in [6, 6.07) is 2.46. The molecule has 0 aliphatic carbocycles. The number of rotatable bonds is 3. The number of ether oxygens (including phenoxy) is 3. The highest BCUT2D eigenvalue weighted by molar-refractivity contribution is 7.89. The van der Waals surface area contributed by atoms with Gasteiger partial charge in [0.05, 0.1) is 21.3 Å². The van der Waals surface area contributed by atoms with E-state index in [2.05, 4.69) is 4.74 Å². The van der Waals surface area contributed by atoms with Gasteiger partial charge in [0.1, 0.15) is 4.90 Å². The zero-order valence-electron chi connectivity index (χ0n) is 11.5. The number of benzene rings is 1. The van der Waals surface area contributed by atoms with E-state index in [0.717, 1.165) is 7.11 Å². The number of sulfonamides is 1. The van der Waals surface area contributed by atoms with Gasteiger partial charge in [0.25, 0.3) is 10.0 Å². The molecule has 0 saturated heterocycles. The number of aliphatic hydroxyl groups is 1. The minimum Gasteiger partial charge on any atom is -0.505 e. The van der Waals surface area contributed by atoms with E-state index in [1.807, 2.05) is 4.72 Å². The molecule has 114 valence electrons. The van der Waals surface area contributed by atoms with E-state index in [9.17, 15) is 18.3 Å². The van der Waals surface area contributed by atoms with Crippen LogP contribution < -0.4 is 14.2 Å². The largest absolute Gasteiger partial charge is 0.505 e. The Balaban J connectivity index is 2.78. The lowest BCUT2D eigenvalue weighted by molar-refractivity contribution is -0.136. The van der Waals surface area contributed by atoms with Crippen molar-refractivity contribution in [2.45, 2.75) is 4.90 Å². The molecule has 8 nitrogen and oxygen atoms in total. The molecule has 1 aromatic carbocycles. The first-order valence-electron chi connectivity index (χ1n) is 5.66. The van der Waals surface area contributed by atoms with Crippen LogP contribution in [0.25, 0.3) is 5.76 Å². The summed E-state index contributed by atoms with van der Waals surface area (Å²) in [6.07, 6.45) is 0. The Morgan fingerprint density at radius 3 is 2.24 bits per heavy atom. The van der Waals surface area contributed by atoms with Crippen LogP contribution >= 0.6 is 0 Å². The molecule has 1 aromatic rings. The lowest BCUT2D eigenvalue weighted by Crippen LogP contribution is -2.33. The summed E-state index contributed by atoms with van der Waals surface area (Å²) < 4.78 is 40.8. The van der Waals surface area contributed by atoms with Crippen molar-refractivity contribution in [3.63, 3.8) is 0 Å². The summed E-state index contributed by atoms with van der Waals surface area (Å²) in [7, 11) is -0.258. The van der Waals surface area contributed by atoms with Crippen molar-refractivity contribution in [1.82, 2.24) is 4.72 Å². The lowest BCUT2D eigenvalue weighted by atomic mass is 10.1. The molecule has 0 amide bonds. The van der Waals surface area contributed by atoms with Crippen molar-refractivity contribution in [1.29, 1.82) is 0 Å². The maximum Gasteiger partial charge on any atom is 0.359 e. The van der Waals surface area contributed by atoms with Gasteiger partial charge in [-0.3, -0.25) is 4.72 Å². The standard InChI is InChI=1S/C12H13NO7S/c1-18-7-4-6-9(5-8(7)19-2)21(16,17)13-10(11(6)14)12(15)20-3/h4-5,13-14H,1-3H3. The predicted octanol–water partition coefficient (Wildman–Crippen LogP) is 0.395. The molecule has 2 rings (SSSR count). The van der Waals surface area contributed by atoms with Crippen molar-refractivity contribution < 1.29 is 32.5 Å². The quantitative estimate of drug-likeness (QED) is 0.776. The number of nitrogens with one attached hydrogen (secondary N) is 1. The number of carbonyl (C=O) groups is 1. The maximum absolute atomic E-state index is 12.2. The Bertz CT molecular complexity index is 736. The smallest absolute Gasteiger partial charge is 0.359 e. The number of hydrogen-bond acceptors (Lipinski definition) is 7. The van der Waals surface area contributed by atoms with Gasteiger partial charge in [-0.1, -0.05) is 0 Å². The molecule has 0 unspecified atom stereocenters. The van der Waals surface area contributed by atoms with Crippen LogP contribution in [0.2, 0.25) is 0 Å². The molecule has 21 heavy (non-hydrogen) atoms. The molecule has 1 aliphatic heterocycles. The second kappa shape index (κ2) is 5.17. The van der Waals surface area contributed by atoms with Crippen LogP contribution in [0.4, 0.5) is 0 Å². The average molecular weight is 315 g/mol. The molecular weight excluding hydrogens is 302 g/mol. The van der Waals surface area contributed by atoms with Gasteiger partial charge in [-0.05, 0) is 6.07 Å². The Hall–Kier alpha value is -2.42. The number of esters is 1. The zero-order chi connectivity index (χ0) is 15.8. The lowest BCUT2D eigenvalue weighted by Gasteiger charge is -2.21. The molecule has 0 atom stereocenters. The fourth-order valence-corrected chi connectivity index (χ4v) is 3.15. The van der Waals surface area contributed by atoms with Crippen LogP contribution in [0.3, 0.4) is 0 Å². The third-order valence-electron chi connectivity index (χ3n) is 2.89. The Labute approximate surface area is 121 Å². The third-order valence-corrected chi connectivity index (χ3v) is 4.28. The Morgan fingerprint density at radius 2 is 1.71 bits per heavy atom. The molecule has 0 radical (unpaired) electrons. The first-order chi connectivity index (χ1) is 9.85. The van der Waals surface area contributed by atoms with Crippen LogP contribution in [0.15, 0.2) is 22.7 Å². The first-order valence-corrected chi connectivity index (χ1v) is 7.14. The molecule has 0 spiro atoms. The summed E-state index contributed by atoms with van der Waals surface area (Å²) in [4.78, 5) is 11.3. The number of aliphatic hydroxyl groups excluding tert-OH is 1. The molecule has 0 saturated carbocycles. The van der Waals surface area contributed by atoms with E-state index >= 15 is 0 Å². The summed E-state index contributed by atoms with van der Waals surface area (Å²) in [5.74, 6) is -1.16. The summed E-state index contributed by atoms with van der Waals surface area (Å²) in [5, 5.41) is 10.1. The second-order valence-electron chi connectivity index (χ2n) is 4.02. The van der Waals surface area contributed by atoms with E-state index in [-0.39, 0.29) is 22.0 Å². The molecule has 9 heteroatoms. The van der Waals surface area contributed by atoms with Crippen LogP contribution in [-0.4, -0.2) is 40.8 Å². The number of carbonyl (C=O) groups excluding carboxylic acids is 1. The van der Waals surface area contributed by atoms with Crippen LogP contribution in [0.1, 0.15) is 5.56 Å². The van der Waals surface area contributed by atoms with E-state index in [4.69, 9.17) is 9.47 Å². The number of fused-ring (bicyclic) bond motifs is 1. The average Bonchev–Trinajstić information content (AvgIpc) is 2.48. The minimum atomic E-state index is -4.04. The normalized spacial score (nSPS) is 15.8. The van der Waals surface area contributed by atoms with E-state index in [1.54, 1.807) is 0 Å². The number of hydrogen-bond donors (Lipinski definition) is 2. The molecular formula is C12H13NO7S. The van der Waals surface area contributed by atoms with Crippen molar-refractivity contribution >= 4 is 21.8 Å². The highest BCUT2D eigenvalue weighted by Crippen LogP contribution is 2.38. The van der Waals surface area contributed by atoms with Crippen molar-refractivity contribution in [3.05, 3.63) is 23.4 Å². The van der Waals surface area contributed by atoms with Crippen LogP contribution in [0.5, 0.6) is 11.5 Å². The van der Waals surface area contributed by atoms with Crippen LogP contribution in [0, 0.1) is 0 Å². The number of methoxy groups -OCH3 is 3. The van der Waals surface area contributed by atoms with Gasteiger partial charge in [-0.15, -0.1) is 0 Å². The fraction of sp³-hybridized carbons (Fsp3) is 0.250. The highest BCUT2D eigenvalue weighted by Gasteiger charge is 2.34. The van der Waals surface area contributed by atoms with Gasteiger partial charge in [0.2, 0.25) is 0 Å². The Morgan fingerprint density at radius 1 is 1.14 bits per heavy atom. The summed E-state index contributed by atoms with van der Waals surface area (Å²) >= 11 is 0. The molecule has 0 aromatic heterocycles. The molecule has 2 N–H and O–H groups in total. The van der Waals surface area contributed by atoms with Crippen molar-refractivity contribution in [3.8, 4) is 11.5 Å². The van der Waals surface area contributed by atoms with Gasteiger partial charge in [-0.2, -0.15) is 0 Å². The Kier molecular flexibility index (Phi) is 3.69. The molecule has 1 aliphatic rings. The topological polar surface area (TPSA) is 111 Å². The van der Waals surface area contributed by atoms with Gasteiger partial charge < -0.3 is 19.3 Å². The monoisotopic (exact) mass is 315 g/mol. The summed E-state index contributed by atoms with van der Waals surface area (Å²) in [5.41, 5.74) is -0.635. The van der Waals surface area contributed by atoms with Crippen molar-refractivity contribution in [2.24, 2.45) is 0 Å². The molecule has 0 fully saturated rings. The van der Waals surface area contributed by atoms with Gasteiger partial charge in [0.15, 0.2) is 23.0 Å². The minimum absolute atomic E-state index is 0.0770. The van der Waals surface area contributed by atoms with Crippen LogP contribution in [-0.2, 0) is 19.6 Å². The van der Waals surface area contributed by atoms with Gasteiger partial charge >= 0.3 is 5.97 Å². The second-order valence-corrected chi connectivity index (χ2v) is 5.67. The van der Waals surface area contributed by atoms with Gasteiger partial charge in [0, 0.05) is 11.6 Å².